The second kappa shape index (κ2) is 10.1. The van der Waals surface area contributed by atoms with Crippen LogP contribution in [0, 0.1) is 0 Å². The van der Waals surface area contributed by atoms with Crippen molar-refractivity contribution in [1.82, 2.24) is 4.90 Å². The third-order valence-electron chi connectivity index (χ3n) is 5.46. The molecule has 30 heavy (non-hydrogen) atoms. The highest BCUT2D eigenvalue weighted by molar-refractivity contribution is 6.05. The van der Waals surface area contributed by atoms with E-state index in [4.69, 9.17) is 9.47 Å². The van der Waals surface area contributed by atoms with Gasteiger partial charge in [-0.3, -0.25) is 9.59 Å². The highest BCUT2D eigenvalue weighted by Crippen LogP contribution is 2.34. The van der Waals surface area contributed by atoms with E-state index in [0.717, 1.165) is 12.8 Å². The lowest BCUT2D eigenvalue weighted by molar-refractivity contribution is 0.0772. The molecule has 1 N–H and O–H groups in total. The Morgan fingerprint density at radius 1 is 0.967 bits per heavy atom. The van der Waals surface area contributed by atoms with Crippen LogP contribution in [0.3, 0.4) is 0 Å². The molecule has 0 aliphatic heterocycles. The molecular formula is C24H30N2O4. The van der Waals surface area contributed by atoms with Gasteiger partial charge in [-0.1, -0.05) is 0 Å². The Labute approximate surface area is 178 Å². The minimum absolute atomic E-state index is 0.0317. The minimum Gasteiger partial charge on any atom is -0.493 e. The molecule has 1 saturated carbocycles. The van der Waals surface area contributed by atoms with E-state index in [1.165, 1.54) is 12.8 Å². The van der Waals surface area contributed by atoms with Crippen molar-refractivity contribution in [2.45, 2.75) is 45.6 Å². The SMILES string of the molecule is CCN(CC)C(=O)c1ccc(C(=O)Nc2ccc(OC)c(OC3CCCC3)c2)cc1. The number of nitrogens with zero attached hydrogens (tertiary/aromatic N) is 1. The highest BCUT2D eigenvalue weighted by atomic mass is 16.5. The molecule has 1 aliphatic carbocycles. The van der Waals surface area contributed by atoms with Crippen LogP contribution in [0.2, 0.25) is 0 Å². The monoisotopic (exact) mass is 410 g/mol. The third kappa shape index (κ3) is 5.12. The summed E-state index contributed by atoms with van der Waals surface area (Å²) in [6.45, 7) is 5.20. The maximum atomic E-state index is 12.7. The quantitative estimate of drug-likeness (QED) is 0.682. The molecule has 0 bridgehead atoms. The molecular weight excluding hydrogens is 380 g/mol. The van der Waals surface area contributed by atoms with E-state index in [9.17, 15) is 9.59 Å². The number of nitrogens with one attached hydrogen (secondary N) is 1. The summed E-state index contributed by atoms with van der Waals surface area (Å²) in [6, 6.07) is 12.1. The molecule has 3 rings (SSSR count). The van der Waals surface area contributed by atoms with Crippen molar-refractivity contribution >= 4 is 17.5 Å². The van der Waals surface area contributed by atoms with Gasteiger partial charge in [0, 0.05) is 36.0 Å². The van der Waals surface area contributed by atoms with Gasteiger partial charge in [-0.15, -0.1) is 0 Å². The first-order chi connectivity index (χ1) is 14.5. The number of amides is 2. The predicted molar refractivity (Wildman–Crippen MR) is 118 cm³/mol. The Balaban J connectivity index is 1.70. The van der Waals surface area contributed by atoms with Gasteiger partial charge in [0.1, 0.15) is 0 Å². The second-order valence-corrected chi connectivity index (χ2v) is 7.40. The zero-order valence-corrected chi connectivity index (χ0v) is 17.9. The summed E-state index contributed by atoms with van der Waals surface area (Å²) in [5.74, 6) is 1.02. The molecule has 2 aromatic rings. The highest BCUT2D eigenvalue weighted by Gasteiger charge is 2.19. The summed E-state index contributed by atoms with van der Waals surface area (Å²) in [5, 5.41) is 2.90. The molecule has 160 valence electrons. The fraction of sp³-hybridized carbons (Fsp3) is 0.417. The van der Waals surface area contributed by atoms with Crippen LogP contribution in [-0.2, 0) is 0 Å². The number of ether oxygens (including phenoxy) is 2. The first-order valence-corrected chi connectivity index (χ1v) is 10.6. The fourth-order valence-corrected chi connectivity index (χ4v) is 3.69. The van der Waals surface area contributed by atoms with E-state index in [0.29, 0.717) is 41.4 Å². The number of hydrogen-bond donors (Lipinski definition) is 1. The summed E-state index contributed by atoms with van der Waals surface area (Å²) in [7, 11) is 1.61. The lowest BCUT2D eigenvalue weighted by atomic mass is 10.1. The Morgan fingerprint density at radius 2 is 1.60 bits per heavy atom. The smallest absolute Gasteiger partial charge is 0.255 e. The van der Waals surface area contributed by atoms with Gasteiger partial charge in [0.2, 0.25) is 0 Å². The van der Waals surface area contributed by atoms with Crippen molar-refractivity contribution in [2.24, 2.45) is 0 Å². The second-order valence-electron chi connectivity index (χ2n) is 7.40. The standard InChI is InChI=1S/C24H30N2O4/c1-4-26(5-2)24(28)18-12-10-17(11-13-18)23(27)25-19-14-15-21(29-3)22(16-19)30-20-8-6-7-9-20/h10-16,20H,4-9H2,1-3H3,(H,25,27). The molecule has 6 nitrogen and oxygen atoms in total. The van der Waals surface area contributed by atoms with Crippen LogP contribution in [0.5, 0.6) is 11.5 Å². The molecule has 1 fully saturated rings. The summed E-state index contributed by atoms with van der Waals surface area (Å²) < 4.78 is 11.5. The first kappa shape index (κ1) is 21.7. The lowest BCUT2D eigenvalue weighted by Crippen LogP contribution is -2.30. The van der Waals surface area contributed by atoms with Crippen LogP contribution >= 0.6 is 0 Å². The predicted octanol–water partition coefficient (Wildman–Crippen LogP) is 4.75. The number of carbonyl (C=O) groups excluding carboxylic acids is 2. The number of rotatable bonds is 8. The maximum Gasteiger partial charge on any atom is 0.255 e. The summed E-state index contributed by atoms with van der Waals surface area (Å²) in [5.41, 5.74) is 1.70. The molecule has 0 atom stereocenters. The number of benzene rings is 2. The van der Waals surface area contributed by atoms with Gasteiger partial charge < -0.3 is 19.7 Å². The third-order valence-corrected chi connectivity index (χ3v) is 5.46. The zero-order valence-electron chi connectivity index (χ0n) is 17.9. The van der Waals surface area contributed by atoms with E-state index in [1.807, 2.05) is 13.8 Å². The Hall–Kier alpha value is -3.02. The molecule has 0 spiro atoms. The fourth-order valence-electron chi connectivity index (χ4n) is 3.69. The minimum atomic E-state index is -0.242. The number of anilines is 1. The lowest BCUT2D eigenvalue weighted by Gasteiger charge is -2.18. The molecule has 0 aromatic heterocycles. The van der Waals surface area contributed by atoms with Crippen molar-refractivity contribution < 1.29 is 19.1 Å². The van der Waals surface area contributed by atoms with Gasteiger partial charge in [-0.2, -0.15) is 0 Å². The number of hydrogen-bond acceptors (Lipinski definition) is 4. The topological polar surface area (TPSA) is 67.9 Å². The maximum absolute atomic E-state index is 12.7. The van der Waals surface area contributed by atoms with E-state index in [2.05, 4.69) is 5.32 Å². The molecule has 0 heterocycles. The normalized spacial score (nSPS) is 13.7. The van der Waals surface area contributed by atoms with Crippen molar-refractivity contribution in [1.29, 1.82) is 0 Å². The summed E-state index contributed by atoms with van der Waals surface area (Å²) in [6.07, 6.45) is 4.63. The van der Waals surface area contributed by atoms with E-state index < -0.39 is 0 Å². The first-order valence-electron chi connectivity index (χ1n) is 10.6. The van der Waals surface area contributed by atoms with Crippen LogP contribution < -0.4 is 14.8 Å². The Bertz CT molecular complexity index is 869. The number of methoxy groups -OCH3 is 1. The summed E-state index contributed by atoms with van der Waals surface area (Å²) in [4.78, 5) is 26.8. The molecule has 2 aromatic carbocycles. The van der Waals surface area contributed by atoms with Crippen LogP contribution in [0.1, 0.15) is 60.2 Å². The van der Waals surface area contributed by atoms with Gasteiger partial charge in [-0.25, -0.2) is 0 Å². The van der Waals surface area contributed by atoms with E-state index >= 15 is 0 Å². The van der Waals surface area contributed by atoms with Gasteiger partial charge in [0.25, 0.3) is 11.8 Å². The molecule has 0 saturated heterocycles. The summed E-state index contributed by atoms with van der Waals surface area (Å²) >= 11 is 0. The van der Waals surface area contributed by atoms with Crippen molar-refractivity contribution in [3.63, 3.8) is 0 Å². The largest absolute Gasteiger partial charge is 0.493 e. The van der Waals surface area contributed by atoms with Crippen LogP contribution in [0.15, 0.2) is 42.5 Å². The van der Waals surface area contributed by atoms with Gasteiger partial charge in [-0.05, 0) is 75.9 Å². The van der Waals surface area contributed by atoms with Crippen molar-refractivity contribution in [3.05, 3.63) is 53.6 Å². The average molecular weight is 411 g/mol. The molecule has 0 radical (unpaired) electrons. The van der Waals surface area contributed by atoms with Crippen LogP contribution in [0.4, 0.5) is 5.69 Å². The molecule has 2 amide bonds. The van der Waals surface area contributed by atoms with Gasteiger partial charge in [0.05, 0.1) is 13.2 Å². The van der Waals surface area contributed by atoms with Gasteiger partial charge >= 0.3 is 0 Å². The van der Waals surface area contributed by atoms with Crippen molar-refractivity contribution in [3.8, 4) is 11.5 Å². The van der Waals surface area contributed by atoms with Crippen LogP contribution in [0.25, 0.3) is 0 Å². The van der Waals surface area contributed by atoms with Crippen molar-refractivity contribution in [2.75, 3.05) is 25.5 Å². The average Bonchev–Trinajstić information content (AvgIpc) is 3.28. The van der Waals surface area contributed by atoms with Crippen LogP contribution in [-0.4, -0.2) is 43.0 Å². The molecule has 6 heteroatoms. The molecule has 0 unspecified atom stereocenters. The number of carbonyl (C=O) groups is 2. The zero-order chi connectivity index (χ0) is 21.5. The Morgan fingerprint density at radius 3 is 2.20 bits per heavy atom. The van der Waals surface area contributed by atoms with Gasteiger partial charge in [0.15, 0.2) is 11.5 Å². The van der Waals surface area contributed by atoms with E-state index in [1.54, 1.807) is 54.5 Å². The Kier molecular flexibility index (Phi) is 7.33. The molecule has 1 aliphatic rings. The van der Waals surface area contributed by atoms with E-state index in [-0.39, 0.29) is 17.9 Å².